The summed E-state index contributed by atoms with van der Waals surface area (Å²) in [7, 11) is 0. The largest absolute Gasteiger partial charge is 0.416 e. The Kier molecular flexibility index (Phi) is 6.21. The van der Waals surface area contributed by atoms with E-state index in [1.807, 2.05) is 54.6 Å². The maximum atomic E-state index is 13.8. The standard InChI is InChI=1S/C25H25F3N2/c26-25(27,28)23-10-5-4-9-22(23)24(30-17-6-15-29-16-18-30)21-13-11-20(12-14-21)19-7-2-1-3-8-19/h1-5,7-14,24,29H,6,15-18H2. The van der Waals surface area contributed by atoms with Gasteiger partial charge in [-0.3, -0.25) is 4.90 Å². The van der Waals surface area contributed by atoms with Crippen LogP contribution in [0.15, 0.2) is 78.9 Å². The molecule has 5 heteroatoms. The van der Waals surface area contributed by atoms with Gasteiger partial charge in [0.2, 0.25) is 0 Å². The quantitative estimate of drug-likeness (QED) is 0.589. The Balaban J connectivity index is 1.77. The molecule has 0 aromatic heterocycles. The predicted molar refractivity (Wildman–Crippen MR) is 114 cm³/mol. The van der Waals surface area contributed by atoms with E-state index in [0.29, 0.717) is 12.1 Å². The van der Waals surface area contributed by atoms with E-state index in [-0.39, 0.29) is 0 Å². The van der Waals surface area contributed by atoms with Gasteiger partial charge in [-0.25, -0.2) is 0 Å². The molecule has 3 aromatic carbocycles. The summed E-state index contributed by atoms with van der Waals surface area (Å²) in [5.41, 5.74) is 2.79. The van der Waals surface area contributed by atoms with Gasteiger partial charge in [0.25, 0.3) is 0 Å². The molecule has 1 N–H and O–H groups in total. The number of alkyl halides is 3. The third-order valence-electron chi connectivity index (χ3n) is 5.63. The van der Waals surface area contributed by atoms with Crippen LogP contribution in [-0.4, -0.2) is 31.1 Å². The summed E-state index contributed by atoms with van der Waals surface area (Å²) in [6.07, 6.45) is -3.48. The van der Waals surface area contributed by atoms with Gasteiger partial charge in [0.15, 0.2) is 0 Å². The summed E-state index contributed by atoms with van der Waals surface area (Å²) in [6.45, 7) is 3.12. The maximum absolute atomic E-state index is 13.8. The van der Waals surface area contributed by atoms with Crippen molar-refractivity contribution in [1.29, 1.82) is 0 Å². The zero-order valence-electron chi connectivity index (χ0n) is 16.7. The number of nitrogens with zero attached hydrogens (tertiary/aromatic N) is 1. The molecule has 1 aliphatic rings. The molecule has 0 saturated carbocycles. The number of nitrogens with one attached hydrogen (secondary N) is 1. The van der Waals surface area contributed by atoms with Gasteiger partial charge in [-0.05, 0) is 41.3 Å². The molecule has 1 aliphatic heterocycles. The molecule has 156 valence electrons. The van der Waals surface area contributed by atoms with Crippen LogP contribution in [0, 0.1) is 0 Å². The van der Waals surface area contributed by atoms with Crippen molar-refractivity contribution in [2.24, 2.45) is 0 Å². The highest BCUT2D eigenvalue weighted by molar-refractivity contribution is 5.63. The summed E-state index contributed by atoms with van der Waals surface area (Å²) in [6, 6.07) is 23.5. The number of hydrogen-bond donors (Lipinski definition) is 1. The van der Waals surface area contributed by atoms with Crippen molar-refractivity contribution in [2.75, 3.05) is 26.2 Å². The topological polar surface area (TPSA) is 15.3 Å². The van der Waals surface area contributed by atoms with Crippen LogP contribution >= 0.6 is 0 Å². The second-order valence-corrected chi connectivity index (χ2v) is 7.62. The summed E-state index contributed by atoms with van der Waals surface area (Å²) < 4.78 is 41.5. The molecule has 1 atom stereocenters. The molecule has 0 aliphatic carbocycles. The first-order valence-electron chi connectivity index (χ1n) is 10.3. The number of halogens is 3. The Labute approximate surface area is 175 Å². The second-order valence-electron chi connectivity index (χ2n) is 7.62. The van der Waals surface area contributed by atoms with E-state index < -0.39 is 17.8 Å². The van der Waals surface area contributed by atoms with Crippen molar-refractivity contribution < 1.29 is 13.2 Å². The fourth-order valence-corrected chi connectivity index (χ4v) is 4.19. The van der Waals surface area contributed by atoms with Crippen LogP contribution in [0.4, 0.5) is 13.2 Å². The van der Waals surface area contributed by atoms with Crippen LogP contribution in [0.1, 0.15) is 29.2 Å². The van der Waals surface area contributed by atoms with Crippen LogP contribution in [-0.2, 0) is 6.18 Å². The number of rotatable bonds is 4. The Morgan fingerprint density at radius 1 is 0.733 bits per heavy atom. The predicted octanol–water partition coefficient (Wildman–Crippen LogP) is 5.76. The zero-order valence-corrected chi connectivity index (χ0v) is 16.7. The third kappa shape index (κ3) is 4.58. The van der Waals surface area contributed by atoms with Gasteiger partial charge in [0.05, 0.1) is 11.6 Å². The first-order chi connectivity index (χ1) is 14.5. The first-order valence-corrected chi connectivity index (χ1v) is 10.3. The minimum Gasteiger partial charge on any atom is -0.315 e. The average Bonchev–Trinajstić information content (AvgIpc) is 3.04. The van der Waals surface area contributed by atoms with Gasteiger partial charge in [-0.2, -0.15) is 13.2 Å². The van der Waals surface area contributed by atoms with Gasteiger partial charge in [0.1, 0.15) is 0 Å². The van der Waals surface area contributed by atoms with E-state index in [4.69, 9.17) is 0 Å². The highest BCUT2D eigenvalue weighted by atomic mass is 19.4. The van der Waals surface area contributed by atoms with Gasteiger partial charge in [-0.15, -0.1) is 0 Å². The van der Waals surface area contributed by atoms with Gasteiger partial charge in [0, 0.05) is 19.6 Å². The minimum absolute atomic E-state index is 0.319. The summed E-state index contributed by atoms with van der Waals surface area (Å²) in [4.78, 5) is 2.17. The molecule has 0 spiro atoms. The average molecular weight is 410 g/mol. The van der Waals surface area contributed by atoms with E-state index >= 15 is 0 Å². The van der Waals surface area contributed by atoms with Crippen molar-refractivity contribution in [3.05, 3.63) is 95.6 Å². The first kappa shape index (κ1) is 20.6. The van der Waals surface area contributed by atoms with E-state index in [0.717, 1.165) is 42.7 Å². The Morgan fingerprint density at radius 2 is 1.40 bits per heavy atom. The Morgan fingerprint density at radius 3 is 2.13 bits per heavy atom. The molecule has 30 heavy (non-hydrogen) atoms. The van der Waals surface area contributed by atoms with E-state index in [1.165, 1.54) is 12.1 Å². The molecular weight excluding hydrogens is 385 g/mol. The van der Waals surface area contributed by atoms with Gasteiger partial charge in [-0.1, -0.05) is 72.8 Å². The summed E-state index contributed by atoms with van der Waals surface area (Å²) in [5, 5.41) is 3.35. The Bertz CT molecular complexity index is 944. The SMILES string of the molecule is FC(F)(F)c1ccccc1C(c1ccc(-c2ccccc2)cc1)N1CCCNCC1. The lowest BCUT2D eigenvalue weighted by atomic mass is 9.91. The minimum atomic E-state index is -4.39. The van der Waals surface area contributed by atoms with Crippen molar-refractivity contribution in [1.82, 2.24) is 10.2 Å². The molecule has 3 aromatic rings. The second kappa shape index (κ2) is 9.02. The molecule has 1 saturated heterocycles. The lowest BCUT2D eigenvalue weighted by Crippen LogP contribution is -2.34. The molecule has 2 nitrogen and oxygen atoms in total. The fraction of sp³-hybridized carbons (Fsp3) is 0.280. The van der Waals surface area contributed by atoms with E-state index in [2.05, 4.69) is 10.2 Å². The van der Waals surface area contributed by atoms with Crippen LogP contribution < -0.4 is 5.32 Å². The molecule has 1 heterocycles. The molecule has 0 amide bonds. The lowest BCUT2D eigenvalue weighted by Gasteiger charge is -2.33. The highest BCUT2D eigenvalue weighted by Crippen LogP contribution is 2.39. The zero-order chi connectivity index (χ0) is 21.0. The number of hydrogen-bond acceptors (Lipinski definition) is 2. The van der Waals surface area contributed by atoms with Crippen molar-refractivity contribution in [3.8, 4) is 11.1 Å². The van der Waals surface area contributed by atoms with Gasteiger partial charge >= 0.3 is 6.18 Å². The maximum Gasteiger partial charge on any atom is 0.416 e. The van der Waals surface area contributed by atoms with Gasteiger partial charge < -0.3 is 5.32 Å². The highest BCUT2D eigenvalue weighted by Gasteiger charge is 2.37. The third-order valence-corrected chi connectivity index (χ3v) is 5.63. The van der Waals surface area contributed by atoms with Crippen LogP contribution in [0.3, 0.4) is 0 Å². The van der Waals surface area contributed by atoms with Crippen molar-refractivity contribution in [2.45, 2.75) is 18.6 Å². The normalized spacial score (nSPS) is 16.8. The molecule has 0 radical (unpaired) electrons. The smallest absolute Gasteiger partial charge is 0.315 e. The molecule has 0 bridgehead atoms. The number of benzene rings is 3. The lowest BCUT2D eigenvalue weighted by molar-refractivity contribution is -0.138. The molecule has 4 rings (SSSR count). The van der Waals surface area contributed by atoms with E-state index in [9.17, 15) is 13.2 Å². The van der Waals surface area contributed by atoms with Crippen LogP contribution in [0.2, 0.25) is 0 Å². The molecular formula is C25H25F3N2. The Hall–Kier alpha value is -2.63. The van der Waals surface area contributed by atoms with Crippen molar-refractivity contribution in [3.63, 3.8) is 0 Å². The van der Waals surface area contributed by atoms with Crippen LogP contribution in [0.5, 0.6) is 0 Å². The van der Waals surface area contributed by atoms with Crippen molar-refractivity contribution >= 4 is 0 Å². The fourth-order valence-electron chi connectivity index (χ4n) is 4.19. The summed E-state index contributed by atoms with van der Waals surface area (Å²) in [5.74, 6) is 0. The molecule has 1 fully saturated rings. The van der Waals surface area contributed by atoms with Crippen LogP contribution in [0.25, 0.3) is 11.1 Å². The summed E-state index contributed by atoms with van der Waals surface area (Å²) >= 11 is 0. The monoisotopic (exact) mass is 410 g/mol. The molecule has 1 unspecified atom stereocenters. The van der Waals surface area contributed by atoms with E-state index in [1.54, 1.807) is 12.1 Å².